The van der Waals surface area contributed by atoms with E-state index >= 15 is 0 Å². The number of rotatable bonds is 7. The van der Waals surface area contributed by atoms with E-state index in [0.717, 1.165) is 29.1 Å². The molecule has 2 amide bonds. The number of hydrazone groups is 1. The van der Waals surface area contributed by atoms with E-state index in [1.165, 1.54) is 55.2 Å². The molecule has 4 bridgehead atoms. The van der Waals surface area contributed by atoms with Gasteiger partial charge in [-0.05, 0) is 100 Å². The van der Waals surface area contributed by atoms with Gasteiger partial charge in [-0.25, -0.2) is 10.2 Å². The molecule has 6 rings (SSSR count). The van der Waals surface area contributed by atoms with Gasteiger partial charge in [-0.2, -0.15) is 5.10 Å². The highest BCUT2D eigenvalue weighted by molar-refractivity contribution is 6.55. The maximum atomic E-state index is 12.9. The van der Waals surface area contributed by atoms with E-state index in [2.05, 4.69) is 34.8 Å². The van der Waals surface area contributed by atoms with Gasteiger partial charge in [-0.3, -0.25) is 4.90 Å². The van der Waals surface area contributed by atoms with Crippen LogP contribution < -0.4 is 10.2 Å². The fourth-order valence-corrected chi connectivity index (χ4v) is 7.35. The number of carbonyl (C=O) groups is 1. The molecule has 0 spiro atoms. The van der Waals surface area contributed by atoms with Crippen LogP contribution in [0.3, 0.4) is 0 Å². The molecule has 0 atom stereocenters. The Bertz CT molecular complexity index is 1160. The molecular formula is C31H37Cl2N3O2. The molecule has 1 N–H and O–H groups in total. The van der Waals surface area contributed by atoms with Gasteiger partial charge in [-0.1, -0.05) is 65.7 Å². The second-order valence-electron chi connectivity index (χ2n) is 12.3. The third kappa shape index (κ3) is 6.05. The molecule has 38 heavy (non-hydrogen) atoms. The van der Waals surface area contributed by atoms with E-state index in [9.17, 15) is 4.79 Å². The molecule has 0 aromatic heterocycles. The van der Waals surface area contributed by atoms with Crippen molar-refractivity contribution < 1.29 is 9.53 Å². The predicted molar refractivity (Wildman–Crippen MR) is 155 cm³/mol. The van der Waals surface area contributed by atoms with Crippen molar-refractivity contribution >= 4 is 34.9 Å². The van der Waals surface area contributed by atoms with Crippen molar-refractivity contribution in [3.05, 3.63) is 76.4 Å². The Balaban J connectivity index is 1.29. The summed E-state index contributed by atoms with van der Waals surface area (Å²) in [6.07, 6.45) is 9.76. The largest absolute Gasteiger partial charge is 0.487 e. The maximum Gasteiger partial charge on any atom is 0.342 e. The van der Waals surface area contributed by atoms with Crippen LogP contribution in [0.4, 0.5) is 4.79 Å². The smallest absolute Gasteiger partial charge is 0.342 e. The summed E-state index contributed by atoms with van der Waals surface area (Å²) in [4.78, 5) is 14.4. The van der Waals surface area contributed by atoms with Crippen LogP contribution in [0.5, 0.6) is 5.75 Å². The summed E-state index contributed by atoms with van der Waals surface area (Å²) in [5, 5.41) is 4.43. The molecule has 4 saturated carbocycles. The number of nitrogens with zero attached hydrogens (tertiary/aromatic N) is 2. The minimum absolute atomic E-state index is 0.0114. The van der Waals surface area contributed by atoms with E-state index in [0.29, 0.717) is 11.1 Å². The Hall–Kier alpha value is -2.50. The second kappa shape index (κ2) is 10.9. The number of halogens is 2. The number of nitrogens with one attached hydrogen (secondary N) is 1. The van der Waals surface area contributed by atoms with Crippen LogP contribution in [-0.2, 0) is 5.41 Å². The lowest BCUT2D eigenvalue weighted by Gasteiger charge is -2.57. The molecule has 7 heteroatoms. The molecule has 2 aromatic carbocycles. The number of hydrogen-bond donors (Lipinski definition) is 1. The van der Waals surface area contributed by atoms with Gasteiger partial charge >= 0.3 is 6.03 Å². The van der Waals surface area contributed by atoms with Crippen LogP contribution in [-0.4, -0.2) is 28.8 Å². The minimum Gasteiger partial charge on any atom is -0.487 e. The summed E-state index contributed by atoms with van der Waals surface area (Å²) in [5.74, 6) is 3.55. The summed E-state index contributed by atoms with van der Waals surface area (Å²) in [5.41, 5.74) is 5.42. The van der Waals surface area contributed by atoms with E-state index in [4.69, 9.17) is 27.9 Å². The van der Waals surface area contributed by atoms with Gasteiger partial charge in [0.25, 0.3) is 0 Å². The van der Waals surface area contributed by atoms with Gasteiger partial charge in [0.15, 0.2) is 0 Å². The number of ether oxygens (including phenoxy) is 1. The predicted octanol–water partition coefficient (Wildman–Crippen LogP) is 8.02. The first-order chi connectivity index (χ1) is 18.1. The van der Waals surface area contributed by atoms with Crippen molar-refractivity contribution in [1.82, 2.24) is 10.3 Å². The van der Waals surface area contributed by atoms with Gasteiger partial charge in [0, 0.05) is 17.3 Å². The number of amides is 2. The summed E-state index contributed by atoms with van der Waals surface area (Å²) in [6.45, 7) is 5.87. The van der Waals surface area contributed by atoms with Crippen LogP contribution in [0.25, 0.3) is 0 Å². The highest BCUT2D eigenvalue weighted by atomic mass is 35.5. The van der Waals surface area contributed by atoms with Gasteiger partial charge in [0.1, 0.15) is 22.6 Å². The highest BCUT2D eigenvalue weighted by Crippen LogP contribution is 2.60. The van der Waals surface area contributed by atoms with Gasteiger partial charge < -0.3 is 4.74 Å². The molecule has 4 aliphatic rings. The molecule has 0 radical (unpaired) electrons. The lowest BCUT2D eigenvalue weighted by Crippen LogP contribution is -2.48. The van der Waals surface area contributed by atoms with Crippen molar-refractivity contribution in [2.45, 2.75) is 70.3 Å². The first-order valence-corrected chi connectivity index (χ1v) is 14.3. The summed E-state index contributed by atoms with van der Waals surface area (Å²) < 4.78 is 6.16. The molecule has 4 fully saturated rings. The first kappa shape index (κ1) is 27.1. The van der Waals surface area contributed by atoms with Crippen LogP contribution in [0.2, 0.25) is 0 Å². The highest BCUT2D eigenvalue weighted by Gasteiger charge is 2.51. The second-order valence-corrected chi connectivity index (χ2v) is 13.3. The Labute approximate surface area is 236 Å². The molecular weight excluding hydrogens is 517 g/mol. The topological polar surface area (TPSA) is 53.9 Å². The quantitative estimate of drug-likeness (QED) is 0.278. The molecule has 0 unspecified atom stereocenters. The normalized spacial score (nSPS) is 26.1. The molecule has 4 aliphatic carbocycles. The maximum absolute atomic E-state index is 12.9. The number of hydrogen-bond acceptors (Lipinski definition) is 3. The third-order valence-corrected chi connectivity index (χ3v) is 8.64. The number of benzene rings is 2. The van der Waals surface area contributed by atoms with Crippen molar-refractivity contribution in [3.8, 4) is 5.75 Å². The zero-order chi connectivity index (χ0) is 26.9. The number of carbonyl (C=O) groups excluding carboxylic acids is 1. The molecule has 202 valence electrons. The summed E-state index contributed by atoms with van der Waals surface area (Å²) in [7, 11) is 0. The SMILES string of the molecule is CC(C)(C)N(C=C(Cl)Cl)C(=O)N/N=C(/COc1ccc(C23CC4CC(CC(C4)C2)C3)cc1)c1ccccc1. The van der Waals surface area contributed by atoms with E-state index in [-0.39, 0.29) is 11.1 Å². The Morgan fingerprint density at radius 3 is 2.11 bits per heavy atom. The molecule has 0 aliphatic heterocycles. The standard InChI is InChI=1S/C31H37Cl2N3O2/c1-30(2,3)36(19-28(32)33)29(37)35-34-27(24-7-5-4-6-8-24)20-38-26-11-9-25(10-12-26)31-16-21-13-22(17-31)15-23(14-21)18-31/h4-12,19,21-23H,13-18,20H2,1-3H3,(H,35,37)/b34-27-. The summed E-state index contributed by atoms with van der Waals surface area (Å²) in [6, 6.07) is 18.0. The van der Waals surface area contributed by atoms with E-state index in [1.54, 1.807) is 0 Å². The van der Waals surface area contributed by atoms with E-state index < -0.39 is 11.6 Å². The van der Waals surface area contributed by atoms with Crippen molar-refractivity contribution in [2.75, 3.05) is 6.61 Å². The third-order valence-electron chi connectivity index (χ3n) is 8.44. The van der Waals surface area contributed by atoms with Crippen molar-refractivity contribution in [3.63, 3.8) is 0 Å². The van der Waals surface area contributed by atoms with Crippen LogP contribution in [0.15, 0.2) is 70.4 Å². The minimum atomic E-state index is -0.545. The lowest BCUT2D eigenvalue weighted by molar-refractivity contribution is -0.00520. The average molecular weight is 555 g/mol. The Morgan fingerprint density at radius 2 is 1.58 bits per heavy atom. The van der Waals surface area contributed by atoms with Crippen LogP contribution in [0, 0.1) is 17.8 Å². The van der Waals surface area contributed by atoms with Crippen LogP contribution >= 0.6 is 23.2 Å². The van der Waals surface area contributed by atoms with Crippen molar-refractivity contribution in [1.29, 1.82) is 0 Å². The summed E-state index contributed by atoms with van der Waals surface area (Å²) >= 11 is 11.7. The zero-order valence-electron chi connectivity index (χ0n) is 22.4. The Kier molecular flexibility index (Phi) is 7.79. The molecule has 0 saturated heterocycles. The zero-order valence-corrected chi connectivity index (χ0v) is 23.9. The Morgan fingerprint density at radius 1 is 1.00 bits per heavy atom. The molecule has 2 aromatic rings. The first-order valence-electron chi connectivity index (χ1n) is 13.6. The van der Waals surface area contributed by atoms with Crippen LogP contribution in [0.1, 0.15) is 70.4 Å². The van der Waals surface area contributed by atoms with Crippen molar-refractivity contribution in [2.24, 2.45) is 22.9 Å². The van der Waals surface area contributed by atoms with Gasteiger partial charge in [0.05, 0.1) is 0 Å². The molecule has 5 nitrogen and oxygen atoms in total. The lowest BCUT2D eigenvalue weighted by atomic mass is 9.48. The van der Waals surface area contributed by atoms with Gasteiger partial charge in [0.2, 0.25) is 0 Å². The molecule has 0 heterocycles. The number of urea groups is 1. The monoisotopic (exact) mass is 553 g/mol. The van der Waals surface area contributed by atoms with Gasteiger partial charge in [-0.15, -0.1) is 0 Å². The fourth-order valence-electron chi connectivity index (χ4n) is 7.15. The average Bonchev–Trinajstić information content (AvgIpc) is 2.86. The fraction of sp³-hybridized carbons (Fsp3) is 0.484. The van der Waals surface area contributed by atoms with E-state index in [1.807, 2.05) is 51.1 Å².